The summed E-state index contributed by atoms with van der Waals surface area (Å²) in [5, 5.41) is 5.51. The predicted octanol–water partition coefficient (Wildman–Crippen LogP) is 3.93. The van der Waals surface area contributed by atoms with Crippen LogP contribution in [0.4, 0.5) is 20.3 Å². The average Bonchev–Trinajstić information content (AvgIpc) is 2.63. The van der Waals surface area contributed by atoms with Crippen molar-refractivity contribution in [3.05, 3.63) is 83.3 Å². The van der Waals surface area contributed by atoms with Crippen molar-refractivity contribution in [3.8, 4) is 0 Å². The lowest BCUT2D eigenvalue weighted by Crippen LogP contribution is -2.16. The van der Waals surface area contributed by atoms with E-state index in [4.69, 9.17) is 0 Å². The van der Waals surface area contributed by atoms with Gasteiger partial charge in [-0.3, -0.25) is 4.79 Å². The minimum Gasteiger partial charge on any atom is -0.366 e. The van der Waals surface area contributed by atoms with E-state index in [9.17, 15) is 13.6 Å². The Hall–Kier alpha value is -3.35. The number of benzene rings is 2. The molecule has 0 radical (unpaired) electrons. The molecule has 0 saturated heterocycles. The maximum absolute atomic E-state index is 13.7. The van der Waals surface area contributed by atoms with Crippen LogP contribution in [-0.4, -0.2) is 15.9 Å². The molecule has 132 valence electrons. The number of nitrogens with one attached hydrogen (secondary N) is 2. The van der Waals surface area contributed by atoms with Crippen LogP contribution in [0.15, 0.2) is 54.6 Å². The Balaban J connectivity index is 1.75. The van der Waals surface area contributed by atoms with Crippen molar-refractivity contribution in [1.29, 1.82) is 0 Å². The van der Waals surface area contributed by atoms with Gasteiger partial charge in [0, 0.05) is 18.7 Å². The molecular weight excluding hydrogens is 338 g/mol. The molecule has 26 heavy (non-hydrogen) atoms. The molecule has 1 amide bonds. The van der Waals surface area contributed by atoms with E-state index in [1.807, 2.05) is 30.3 Å². The van der Waals surface area contributed by atoms with Crippen LogP contribution in [0.25, 0.3) is 0 Å². The number of hydrogen-bond acceptors (Lipinski definition) is 4. The van der Waals surface area contributed by atoms with Crippen molar-refractivity contribution in [2.24, 2.45) is 0 Å². The molecule has 1 heterocycles. The van der Waals surface area contributed by atoms with Crippen molar-refractivity contribution in [3.63, 3.8) is 0 Å². The zero-order valence-corrected chi connectivity index (χ0v) is 14.0. The molecular formula is C19H16F2N4O. The molecule has 0 atom stereocenters. The number of anilines is 2. The third-order valence-electron chi connectivity index (χ3n) is 3.57. The molecule has 2 aromatic carbocycles. The largest absolute Gasteiger partial charge is 0.366 e. The first-order valence-corrected chi connectivity index (χ1v) is 7.91. The van der Waals surface area contributed by atoms with E-state index in [1.54, 1.807) is 6.92 Å². The molecule has 0 spiro atoms. The predicted molar refractivity (Wildman–Crippen MR) is 94.8 cm³/mol. The summed E-state index contributed by atoms with van der Waals surface area (Å²) in [5.74, 6) is -1.31. The maximum Gasteiger partial charge on any atom is 0.274 e. The van der Waals surface area contributed by atoms with Crippen molar-refractivity contribution < 1.29 is 13.6 Å². The van der Waals surface area contributed by atoms with E-state index in [0.29, 0.717) is 24.3 Å². The highest BCUT2D eigenvalue weighted by Crippen LogP contribution is 2.17. The molecule has 0 aliphatic heterocycles. The van der Waals surface area contributed by atoms with E-state index in [0.717, 1.165) is 17.7 Å². The molecule has 3 aromatic rings. The summed E-state index contributed by atoms with van der Waals surface area (Å²) in [6.07, 6.45) is 0. The Kier molecular flexibility index (Phi) is 5.17. The zero-order valence-electron chi connectivity index (χ0n) is 14.0. The van der Waals surface area contributed by atoms with Crippen LogP contribution in [0.2, 0.25) is 0 Å². The average molecular weight is 354 g/mol. The highest BCUT2D eigenvalue weighted by atomic mass is 19.1. The second-order valence-corrected chi connectivity index (χ2v) is 5.60. The summed E-state index contributed by atoms with van der Waals surface area (Å²) in [6.45, 7) is 2.19. The van der Waals surface area contributed by atoms with Gasteiger partial charge in [0.1, 0.15) is 29.0 Å². The van der Waals surface area contributed by atoms with E-state index in [2.05, 4.69) is 20.6 Å². The molecule has 2 N–H and O–H groups in total. The molecule has 5 nitrogen and oxygen atoms in total. The highest BCUT2D eigenvalue weighted by molar-refractivity contribution is 6.03. The van der Waals surface area contributed by atoms with Crippen LogP contribution in [0.3, 0.4) is 0 Å². The van der Waals surface area contributed by atoms with Crippen LogP contribution >= 0.6 is 0 Å². The highest BCUT2D eigenvalue weighted by Gasteiger charge is 2.13. The number of carbonyl (C=O) groups excluding carboxylic acids is 1. The van der Waals surface area contributed by atoms with Crippen LogP contribution < -0.4 is 10.6 Å². The molecule has 0 aliphatic carbocycles. The molecule has 1 aromatic heterocycles. The Morgan fingerprint density at radius 3 is 2.54 bits per heavy atom. The van der Waals surface area contributed by atoms with Gasteiger partial charge in [-0.1, -0.05) is 30.3 Å². The second kappa shape index (κ2) is 7.69. The van der Waals surface area contributed by atoms with Gasteiger partial charge < -0.3 is 10.6 Å². The van der Waals surface area contributed by atoms with Crippen LogP contribution in [0.1, 0.15) is 21.9 Å². The van der Waals surface area contributed by atoms with Gasteiger partial charge in [-0.2, -0.15) is 0 Å². The van der Waals surface area contributed by atoms with Crippen LogP contribution in [0.5, 0.6) is 0 Å². The number of aromatic nitrogens is 2. The summed E-state index contributed by atoms with van der Waals surface area (Å²) in [5.41, 5.74) is 1.02. The Bertz CT molecular complexity index is 932. The lowest BCUT2D eigenvalue weighted by molar-refractivity contribution is 0.102. The summed E-state index contributed by atoms with van der Waals surface area (Å²) in [7, 11) is 0. The summed E-state index contributed by atoms with van der Waals surface area (Å²) >= 11 is 0. The second-order valence-electron chi connectivity index (χ2n) is 5.60. The lowest BCUT2D eigenvalue weighted by atomic mass is 10.2. The third-order valence-corrected chi connectivity index (χ3v) is 3.57. The molecule has 0 bridgehead atoms. The van der Waals surface area contributed by atoms with Gasteiger partial charge in [-0.15, -0.1) is 0 Å². The fraction of sp³-hybridized carbons (Fsp3) is 0.105. The molecule has 0 aliphatic rings. The lowest BCUT2D eigenvalue weighted by Gasteiger charge is -2.10. The number of rotatable bonds is 5. The summed E-state index contributed by atoms with van der Waals surface area (Å²) in [4.78, 5) is 20.7. The van der Waals surface area contributed by atoms with Gasteiger partial charge in [0.25, 0.3) is 5.91 Å². The van der Waals surface area contributed by atoms with E-state index in [-0.39, 0.29) is 11.4 Å². The Morgan fingerprint density at radius 1 is 1.04 bits per heavy atom. The number of amides is 1. The first-order valence-electron chi connectivity index (χ1n) is 7.91. The molecule has 3 rings (SSSR count). The van der Waals surface area contributed by atoms with Gasteiger partial charge >= 0.3 is 0 Å². The molecule has 0 saturated carbocycles. The van der Waals surface area contributed by atoms with Crippen molar-refractivity contribution in [2.75, 3.05) is 10.6 Å². The summed E-state index contributed by atoms with van der Waals surface area (Å²) in [6, 6.07) is 14.1. The monoisotopic (exact) mass is 354 g/mol. The minimum atomic E-state index is -0.855. The van der Waals surface area contributed by atoms with E-state index in [1.165, 1.54) is 6.07 Å². The standard InChI is InChI=1S/C19H16F2N4O/c1-12-23-17(19(26)25-16-8-7-14(20)9-15(16)21)10-18(24-12)22-11-13-5-3-2-4-6-13/h2-10H,11H2,1H3,(H,25,26)(H,22,23,24). The summed E-state index contributed by atoms with van der Waals surface area (Å²) < 4.78 is 26.7. The normalized spacial score (nSPS) is 10.4. The number of halogens is 2. The van der Waals surface area contributed by atoms with Crippen LogP contribution in [-0.2, 0) is 6.54 Å². The van der Waals surface area contributed by atoms with E-state index >= 15 is 0 Å². The number of hydrogen-bond donors (Lipinski definition) is 2. The van der Waals surface area contributed by atoms with Gasteiger partial charge in [0.05, 0.1) is 5.69 Å². The molecule has 0 fully saturated rings. The Labute approximate surface area is 149 Å². The topological polar surface area (TPSA) is 66.9 Å². The number of nitrogens with zero attached hydrogens (tertiary/aromatic N) is 2. The zero-order chi connectivity index (χ0) is 18.5. The van der Waals surface area contributed by atoms with Crippen LogP contribution in [0, 0.1) is 18.6 Å². The fourth-order valence-electron chi connectivity index (χ4n) is 2.34. The van der Waals surface area contributed by atoms with Gasteiger partial charge in [-0.05, 0) is 24.6 Å². The molecule has 0 unspecified atom stereocenters. The van der Waals surface area contributed by atoms with E-state index < -0.39 is 17.5 Å². The first kappa shape index (κ1) is 17.5. The number of carbonyl (C=O) groups is 1. The SMILES string of the molecule is Cc1nc(NCc2ccccc2)cc(C(=O)Nc2ccc(F)cc2F)n1. The quantitative estimate of drug-likeness (QED) is 0.729. The van der Waals surface area contributed by atoms with Gasteiger partial charge in [0.15, 0.2) is 0 Å². The maximum atomic E-state index is 13.7. The minimum absolute atomic E-state index is 0.0804. The van der Waals surface area contributed by atoms with Crippen molar-refractivity contribution >= 4 is 17.4 Å². The molecule has 7 heteroatoms. The van der Waals surface area contributed by atoms with Gasteiger partial charge in [-0.25, -0.2) is 18.7 Å². The van der Waals surface area contributed by atoms with Crippen molar-refractivity contribution in [1.82, 2.24) is 9.97 Å². The van der Waals surface area contributed by atoms with Crippen molar-refractivity contribution in [2.45, 2.75) is 13.5 Å². The fourth-order valence-corrected chi connectivity index (χ4v) is 2.34. The van der Waals surface area contributed by atoms with Gasteiger partial charge in [0.2, 0.25) is 0 Å². The third kappa shape index (κ3) is 4.38. The smallest absolute Gasteiger partial charge is 0.274 e. The number of aryl methyl sites for hydroxylation is 1. The first-order chi connectivity index (χ1) is 12.5. The Morgan fingerprint density at radius 2 is 1.81 bits per heavy atom.